The largest absolute Gasteiger partial charge is 0.508 e. The van der Waals surface area contributed by atoms with E-state index in [1.807, 2.05) is 0 Å². The SMILES string of the molecule is O=C(O)CC(=O)OC[C@H]1O[C@H](Oc2cc(O)c3c(=O)cc(-c4ccc(O)cc4)oc3c2)[C@H](O)[C@@H](O)[C@@H]1O. The number of carboxylic acids is 1. The Morgan fingerprint density at radius 3 is 2.32 bits per heavy atom. The minimum absolute atomic E-state index is 0.00789. The third-order valence-corrected chi connectivity index (χ3v) is 5.56. The molecular formula is C24H22O13. The van der Waals surface area contributed by atoms with Crippen molar-refractivity contribution in [1.29, 1.82) is 0 Å². The molecule has 0 spiro atoms. The van der Waals surface area contributed by atoms with Crippen LogP contribution in [0.15, 0.2) is 51.7 Å². The third-order valence-electron chi connectivity index (χ3n) is 5.56. The molecule has 5 atom stereocenters. The average Bonchev–Trinajstić information content (AvgIpc) is 2.83. The van der Waals surface area contributed by atoms with E-state index in [1.165, 1.54) is 30.3 Å². The first-order valence-electron chi connectivity index (χ1n) is 10.9. The summed E-state index contributed by atoms with van der Waals surface area (Å²) in [5.74, 6) is -3.06. The lowest BCUT2D eigenvalue weighted by Gasteiger charge is -2.39. The molecule has 0 amide bonds. The summed E-state index contributed by atoms with van der Waals surface area (Å²) < 4.78 is 21.4. The molecule has 37 heavy (non-hydrogen) atoms. The number of phenolic OH excluding ortho intramolecular Hbond substituents is 2. The van der Waals surface area contributed by atoms with Gasteiger partial charge in [-0.25, -0.2) is 0 Å². The fourth-order valence-corrected chi connectivity index (χ4v) is 3.71. The number of carbonyl (C=O) groups is 2. The first-order valence-corrected chi connectivity index (χ1v) is 10.9. The smallest absolute Gasteiger partial charge is 0.317 e. The zero-order valence-corrected chi connectivity index (χ0v) is 18.9. The highest BCUT2D eigenvalue weighted by atomic mass is 16.7. The molecule has 0 radical (unpaired) electrons. The van der Waals surface area contributed by atoms with E-state index in [9.17, 15) is 39.9 Å². The average molecular weight is 518 g/mol. The molecule has 0 bridgehead atoms. The molecule has 4 rings (SSSR count). The van der Waals surface area contributed by atoms with Crippen molar-refractivity contribution >= 4 is 22.9 Å². The lowest BCUT2D eigenvalue weighted by Crippen LogP contribution is -2.60. The second-order valence-corrected chi connectivity index (χ2v) is 8.22. The summed E-state index contributed by atoms with van der Waals surface area (Å²) in [4.78, 5) is 34.7. The Kier molecular flexibility index (Phi) is 7.31. The van der Waals surface area contributed by atoms with Crippen molar-refractivity contribution in [3.63, 3.8) is 0 Å². The number of aromatic hydroxyl groups is 2. The summed E-state index contributed by atoms with van der Waals surface area (Å²) in [6.07, 6.45) is -9.24. The van der Waals surface area contributed by atoms with Crippen LogP contribution < -0.4 is 10.2 Å². The second-order valence-electron chi connectivity index (χ2n) is 8.22. The molecule has 1 aliphatic heterocycles. The highest BCUT2D eigenvalue weighted by molar-refractivity contribution is 5.90. The number of aliphatic carboxylic acids is 1. The molecule has 6 N–H and O–H groups in total. The van der Waals surface area contributed by atoms with Gasteiger partial charge in [0, 0.05) is 23.8 Å². The maximum absolute atomic E-state index is 12.6. The number of aliphatic hydroxyl groups excluding tert-OH is 3. The van der Waals surface area contributed by atoms with Gasteiger partial charge in [0.25, 0.3) is 0 Å². The summed E-state index contributed by atoms with van der Waals surface area (Å²) >= 11 is 0. The van der Waals surface area contributed by atoms with Crippen molar-refractivity contribution in [2.24, 2.45) is 0 Å². The highest BCUT2D eigenvalue weighted by Crippen LogP contribution is 2.33. The monoisotopic (exact) mass is 518 g/mol. The van der Waals surface area contributed by atoms with Crippen molar-refractivity contribution < 1.29 is 58.9 Å². The summed E-state index contributed by atoms with van der Waals surface area (Å²) in [7, 11) is 0. The summed E-state index contributed by atoms with van der Waals surface area (Å²) in [5.41, 5.74) is -0.189. The van der Waals surface area contributed by atoms with Crippen molar-refractivity contribution in [3.8, 4) is 28.6 Å². The third kappa shape index (κ3) is 5.65. The molecule has 1 saturated heterocycles. The number of fused-ring (bicyclic) bond motifs is 1. The first-order chi connectivity index (χ1) is 17.5. The van der Waals surface area contributed by atoms with E-state index in [2.05, 4.69) is 0 Å². The van der Waals surface area contributed by atoms with Crippen LogP contribution in [0.5, 0.6) is 17.2 Å². The van der Waals surface area contributed by atoms with Crippen LogP contribution in [0.4, 0.5) is 0 Å². The van der Waals surface area contributed by atoms with Gasteiger partial charge in [0.1, 0.15) is 71.4 Å². The molecule has 0 aliphatic carbocycles. The lowest BCUT2D eigenvalue weighted by atomic mass is 9.99. The maximum Gasteiger partial charge on any atom is 0.317 e. The van der Waals surface area contributed by atoms with Gasteiger partial charge < -0.3 is 49.3 Å². The Morgan fingerprint density at radius 2 is 1.65 bits per heavy atom. The molecule has 13 nitrogen and oxygen atoms in total. The van der Waals surface area contributed by atoms with Crippen LogP contribution in [0.25, 0.3) is 22.3 Å². The maximum atomic E-state index is 12.6. The fourth-order valence-electron chi connectivity index (χ4n) is 3.71. The van der Waals surface area contributed by atoms with Gasteiger partial charge in [-0.05, 0) is 24.3 Å². The fraction of sp³-hybridized carbons (Fsp3) is 0.292. The molecular weight excluding hydrogens is 496 g/mol. The van der Waals surface area contributed by atoms with E-state index in [0.29, 0.717) is 5.56 Å². The molecule has 2 heterocycles. The number of hydrogen-bond acceptors (Lipinski definition) is 12. The Hall–Kier alpha value is -4.17. The highest BCUT2D eigenvalue weighted by Gasteiger charge is 2.45. The number of aliphatic hydroxyl groups is 3. The minimum atomic E-state index is -1.80. The van der Waals surface area contributed by atoms with Gasteiger partial charge in [0.05, 0.1) is 0 Å². The number of esters is 1. The summed E-state index contributed by atoms with van der Waals surface area (Å²) in [6.45, 7) is -0.648. The topological polar surface area (TPSA) is 213 Å². The first kappa shape index (κ1) is 25.9. The quantitative estimate of drug-likeness (QED) is 0.181. The molecule has 0 unspecified atom stereocenters. The molecule has 3 aromatic rings. The normalized spacial score (nSPS) is 23.5. The number of carbonyl (C=O) groups excluding carboxylic acids is 1. The van der Waals surface area contributed by atoms with Crippen molar-refractivity contribution in [1.82, 2.24) is 0 Å². The van der Waals surface area contributed by atoms with Gasteiger partial charge >= 0.3 is 11.9 Å². The van der Waals surface area contributed by atoms with Crippen LogP contribution in [-0.4, -0.2) is 79.9 Å². The van der Waals surface area contributed by atoms with Crippen LogP contribution in [-0.2, 0) is 19.1 Å². The van der Waals surface area contributed by atoms with Crippen molar-refractivity contribution in [3.05, 3.63) is 52.7 Å². The van der Waals surface area contributed by atoms with E-state index in [4.69, 9.17) is 23.7 Å². The van der Waals surface area contributed by atoms with Crippen LogP contribution in [0.2, 0.25) is 0 Å². The molecule has 1 aliphatic rings. The number of hydrogen-bond donors (Lipinski definition) is 6. The van der Waals surface area contributed by atoms with Gasteiger partial charge in [-0.2, -0.15) is 0 Å². The van der Waals surface area contributed by atoms with E-state index >= 15 is 0 Å². The van der Waals surface area contributed by atoms with Crippen LogP contribution in [0.3, 0.4) is 0 Å². The van der Waals surface area contributed by atoms with Crippen LogP contribution in [0, 0.1) is 0 Å². The number of rotatable bonds is 7. The molecule has 196 valence electrons. The van der Waals surface area contributed by atoms with E-state index in [0.717, 1.165) is 12.1 Å². The predicted molar refractivity (Wildman–Crippen MR) is 122 cm³/mol. The lowest BCUT2D eigenvalue weighted by molar-refractivity contribution is -0.278. The van der Waals surface area contributed by atoms with E-state index in [1.54, 1.807) is 0 Å². The number of benzene rings is 2. The standard InChI is InChI=1S/C24H22O13/c25-11-3-1-10(2-4-11)15-7-14(27)20-13(26)5-12(6-16(20)36-15)35-24-23(33)22(32)21(31)17(37-24)9-34-19(30)8-18(28)29/h1-7,17,21-26,31-33H,8-9H2,(H,28,29)/t17-,21-,22+,23-,24+/m1/s1. The molecule has 0 saturated carbocycles. The van der Waals surface area contributed by atoms with Crippen molar-refractivity contribution in [2.75, 3.05) is 6.61 Å². The van der Waals surface area contributed by atoms with Crippen LogP contribution >= 0.6 is 0 Å². The summed E-state index contributed by atoms with van der Waals surface area (Å²) in [5, 5.41) is 59.0. The van der Waals surface area contributed by atoms with Gasteiger partial charge in [0.15, 0.2) is 5.43 Å². The van der Waals surface area contributed by atoms with Gasteiger partial charge in [0.2, 0.25) is 6.29 Å². The molecule has 13 heteroatoms. The van der Waals surface area contributed by atoms with E-state index in [-0.39, 0.29) is 28.2 Å². The van der Waals surface area contributed by atoms with Crippen LogP contribution in [0.1, 0.15) is 6.42 Å². The minimum Gasteiger partial charge on any atom is -0.508 e. The number of phenols is 2. The van der Waals surface area contributed by atoms with Gasteiger partial charge in [-0.15, -0.1) is 0 Å². The number of ether oxygens (including phenoxy) is 3. The Labute approximate surface area is 207 Å². The molecule has 2 aromatic carbocycles. The Morgan fingerprint density at radius 1 is 0.946 bits per heavy atom. The number of carboxylic acid groups (broad SMARTS) is 1. The predicted octanol–water partition coefficient (Wildman–Crippen LogP) is 0.0755. The van der Waals surface area contributed by atoms with Gasteiger partial charge in [-0.1, -0.05) is 0 Å². The van der Waals surface area contributed by atoms with Gasteiger partial charge in [-0.3, -0.25) is 14.4 Å². The molecule has 1 aromatic heterocycles. The Balaban J connectivity index is 1.58. The Bertz CT molecular complexity index is 1360. The molecule has 1 fully saturated rings. The zero-order chi connectivity index (χ0) is 26.9. The van der Waals surface area contributed by atoms with E-state index < -0.39 is 66.9 Å². The summed E-state index contributed by atoms with van der Waals surface area (Å²) in [6, 6.07) is 9.27. The zero-order valence-electron chi connectivity index (χ0n) is 18.9. The second kappa shape index (κ2) is 10.4. The van der Waals surface area contributed by atoms with Crippen molar-refractivity contribution in [2.45, 2.75) is 37.1 Å².